The molecule has 0 amide bonds. The fraction of sp³-hybridized carbons (Fsp3) is 0.316. The van der Waals surface area contributed by atoms with Gasteiger partial charge in [0.1, 0.15) is 11.3 Å². The molecule has 0 saturated heterocycles. The summed E-state index contributed by atoms with van der Waals surface area (Å²) in [5, 5.41) is 0. The van der Waals surface area contributed by atoms with Gasteiger partial charge < -0.3 is 19.2 Å². The second-order valence-electron chi connectivity index (χ2n) is 5.90. The number of halogens is 2. The van der Waals surface area contributed by atoms with Crippen LogP contribution in [0.1, 0.15) is 49.4 Å². The molecule has 0 spiro atoms. The number of hydrogen-bond donors (Lipinski definition) is 1. The number of Topliss-reactive ketones (excluding diaryl/α,β-unsaturated/α-hetero) is 1. The van der Waals surface area contributed by atoms with Crippen LogP contribution in [0.4, 0.5) is 8.78 Å². The molecule has 1 heterocycles. The summed E-state index contributed by atoms with van der Waals surface area (Å²) >= 11 is 0. The van der Waals surface area contributed by atoms with Crippen LogP contribution in [0.5, 0.6) is 5.75 Å². The average molecular weight is 395 g/mol. The third kappa shape index (κ3) is 4.36. The smallest absolute Gasteiger partial charge is 0.387 e. The fourth-order valence-electron chi connectivity index (χ4n) is 2.72. The Morgan fingerprint density at radius 3 is 2.32 bits per heavy atom. The summed E-state index contributed by atoms with van der Waals surface area (Å²) in [5.74, 6) is -2.54. The molecule has 0 saturated carbocycles. The lowest BCUT2D eigenvalue weighted by molar-refractivity contribution is -0.0505. The molecule has 7 nitrogen and oxygen atoms in total. The molecule has 0 radical (unpaired) electrons. The van der Waals surface area contributed by atoms with Gasteiger partial charge in [0.15, 0.2) is 6.10 Å². The first kappa shape index (κ1) is 21.1. The molecule has 0 bridgehead atoms. The van der Waals surface area contributed by atoms with Crippen molar-refractivity contribution in [2.45, 2.75) is 33.5 Å². The zero-order valence-corrected chi connectivity index (χ0v) is 15.7. The molecule has 2 aromatic rings. The predicted octanol–water partition coefficient (Wildman–Crippen LogP) is 3.45. The number of para-hydroxylation sites is 1. The molecule has 9 heteroatoms. The number of aryl methyl sites for hydroxylation is 1. The van der Waals surface area contributed by atoms with E-state index in [2.05, 4.69) is 14.5 Å². The van der Waals surface area contributed by atoms with Gasteiger partial charge in [0.05, 0.1) is 18.4 Å². The largest absolute Gasteiger partial charge is 0.465 e. The van der Waals surface area contributed by atoms with Crippen LogP contribution in [-0.4, -0.2) is 42.5 Å². The van der Waals surface area contributed by atoms with Crippen molar-refractivity contribution in [3.63, 3.8) is 0 Å². The second-order valence-corrected chi connectivity index (χ2v) is 5.90. The lowest BCUT2D eigenvalue weighted by atomic mass is 10.1. The zero-order valence-electron chi connectivity index (χ0n) is 15.7. The molecule has 0 aliphatic carbocycles. The Balaban J connectivity index is 2.22. The van der Waals surface area contributed by atoms with Gasteiger partial charge in [-0.2, -0.15) is 8.78 Å². The molecule has 2 rings (SSSR count). The SMILES string of the molecule is COC(=O)c1c(C)[nH]c(C(=O)[C@H](C)OC(=O)c2ccccc2OC(F)F)c1C. The summed E-state index contributed by atoms with van der Waals surface area (Å²) in [6, 6.07) is 5.30. The molecule has 1 atom stereocenters. The lowest BCUT2D eigenvalue weighted by Gasteiger charge is -2.14. The Morgan fingerprint density at radius 1 is 1.07 bits per heavy atom. The highest BCUT2D eigenvalue weighted by molar-refractivity contribution is 6.04. The number of nitrogens with one attached hydrogen (secondary N) is 1. The van der Waals surface area contributed by atoms with E-state index in [0.717, 1.165) is 0 Å². The zero-order chi connectivity index (χ0) is 21.0. The number of aromatic amines is 1. The van der Waals surface area contributed by atoms with E-state index in [9.17, 15) is 23.2 Å². The standard InChI is InChI=1S/C19H19F2NO6/c1-9-14(18(25)26-4)10(2)22-15(9)16(23)11(3)27-17(24)12-7-5-6-8-13(12)28-19(20)21/h5-8,11,19,22H,1-4H3/t11-/m0/s1. The molecule has 0 aliphatic heterocycles. The Morgan fingerprint density at radius 2 is 1.71 bits per heavy atom. The van der Waals surface area contributed by atoms with Gasteiger partial charge in [0, 0.05) is 5.69 Å². The summed E-state index contributed by atoms with van der Waals surface area (Å²) in [7, 11) is 1.22. The molecule has 150 valence electrons. The van der Waals surface area contributed by atoms with Crippen molar-refractivity contribution >= 4 is 17.7 Å². The highest BCUT2D eigenvalue weighted by Crippen LogP contribution is 2.24. The van der Waals surface area contributed by atoms with Gasteiger partial charge in [-0.15, -0.1) is 0 Å². The van der Waals surface area contributed by atoms with Gasteiger partial charge in [0.25, 0.3) is 0 Å². The minimum atomic E-state index is -3.12. The Kier molecular flexibility index (Phi) is 6.50. The van der Waals surface area contributed by atoms with E-state index in [1.807, 2.05) is 0 Å². The number of H-pyrrole nitrogens is 1. The number of benzene rings is 1. The minimum absolute atomic E-state index is 0.0929. The number of methoxy groups -OCH3 is 1. The molecular formula is C19H19F2NO6. The van der Waals surface area contributed by atoms with Crippen LogP contribution in [0, 0.1) is 13.8 Å². The average Bonchev–Trinajstić information content (AvgIpc) is 2.94. The van der Waals surface area contributed by atoms with Crippen molar-refractivity contribution in [3.8, 4) is 5.75 Å². The number of aromatic nitrogens is 1. The quantitative estimate of drug-likeness (QED) is 0.570. The summed E-state index contributed by atoms with van der Waals surface area (Å²) in [5.41, 5.74) is 0.869. The maximum atomic E-state index is 12.7. The molecule has 1 N–H and O–H groups in total. The Bertz CT molecular complexity index is 906. The van der Waals surface area contributed by atoms with Crippen molar-refractivity contribution in [1.82, 2.24) is 4.98 Å². The van der Waals surface area contributed by atoms with E-state index in [-0.39, 0.29) is 22.6 Å². The van der Waals surface area contributed by atoms with Gasteiger partial charge in [0.2, 0.25) is 5.78 Å². The number of carbonyl (C=O) groups excluding carboxylic acids is 3. The van der Waals surface area contributed by atoms with Crippen LogP contribution in [0.2, 0.25) is 0 Å². The second kappa shape index (κ2) is 8.64. The predicted molar refractivity (Wildman–Crippen MR) is 93.9 cm³/mol. The maximum Gasteiger partial charge on any atom is 0.387 e. The van der Waals surface area contributed by atoms with E-state index < -0.39 is 30.4 Å². The number of carbonyl (C=O) groups is 3. The topological polar surface area (TPSA) is 94.7 Å². The normalized spacial score (nSPS) is 11.8. The molecule has 1 aromatic heterocycles. The van der Waals surface area contributed by atoms with Crippen molar-refractivity contribution in [1.29, 1.82) is 0 Å². The summed E-state index contributed by atoms with van der Waals surface area (Å²) in [6.07, 6.45) is -1.24. The van der Waals surface area contributed by atoms with Crippen LogP contribution in [-0.2, 0) is 9.47 Å². The fourth-order valence-corrected chi connectivity index (χ4v) is 2.72. The molecule has 0 unspecified atom stereocenters. The first-order valence-electron chi connectivity index (χ1n) is 8.23. The van der Waals surface area contributed by atoms with Crippen molar-refractivity contribution in [2.75, 3.05) is 7.11 Å². The van der Waals surface area contributed by atoms with Crippen LogP contribution >= 0.6 is 0 Å². The van der Waals surface area contributed by atoms with Crippen molar-refractivity contribution in [3.05, 3.63) is 52.3 Å². The summed E-state index contributed by atoms with van der Waals surface area (Å²) in [6.45, 7) is 1.38. The van der Waals surface area contributed by atoms with Crippen molar-refractivity contribution < 1.29 is 37.4 Å². The summed E-state index contributed by atoms with van der Waals surface area (Å²) in [4.78, 5) is 39.6. The molecular weight excluding hydrogens is 376 g/mol. The van der Waals surface area contributed by atoms with Crippen LogP contribution in [0.25, 0.3) is 0 Å². The van der Waals surface area contributed by atoms with Gasteiger partial charge in [-0.05, 0) is 38.5 Å². The number of alkyl halides is 2. The van der Waals surface area contributed by atoms with Crippen LogP contribution in [0.3, 0.4) is 0 Å². The third-order valence-corrected chi connectivity index (χ3v) is 4.05. The van der Waals surface area contributed by atoms with Gasteiger partial charge >= 0.3 is 18.6 Å². The number of rotatable bonds is 7. The van der Waals surface area contributed by atoms with Gasteiger partial charge in [-0.1, -0.05) is 12.1 Å². The molecule has 0 aliphatic rings. The highest BCUT2D eigenvalue weighted by atomic mass is 19.3. The van der Waals surface area contributed by atoms with Crippen LogP contribution < -0.4 is 4.74 Å². The first-order valence-corrected chi connectivity index (χ1v) is 8.23. The first-order chi connectivity index (χ1) is 13.2. The molecule has 1 aromatic carbocycles. The monoisotopic (exact) mass is 395 g/mol. The van der Waals surface area contributed by atoms with Gasteiger partial charge in [-0.3, -0.25) is 4.79 Å². The van der Waals surface area contributed by atoms with E-state index in [1.54, 1.807) is 13.8 Å². The Labute approximate surface area is 159 Å². The van der Waals surface area contributed by atoms with Gasteiger partial charge in [-0.25, -0.2) is 9.59 Å². The number of hydrogen-bond acceptors (Lipinski definition) is 6. The van der Waals surface area contributed by atoms with E-state index in [1.165, 1.54) is 38.3 Å². The maximum absolute atomic E-state index is 12.7. The Hall–Kier alpha value is -3.23. The number of ether oxygens (including phenoxy) is 3. The van der Waals surface area contributed by atoms with E-state index in [4.69, 9.17) is 4.74 Å². The molecule has 28 heavy (non-hydrogen) atoms. The number of ketones is 1. The lowest BCUT2D eigenvalue weighted by Crippen LogP contribution is -2.25. The third-order valence-electron chi connectivity index (χ3n) is 4.05. The molecule has 0 fully saturated rings. The highest BCUT2D eigenvalue weighted by Gasteiger charge is 2.28. The number of esters is 2. The minimum Gasteiger partial charge on any atom is -0.465 e. The van der Waals surface area contributed by atoms with E-state index in [0.29, 0.717) is 11.3 Å². The summed E-state index contributed by atoms with van der Waals surface area (Å²) < 4.78 is 39.1. The van der Waals surface area contributed by atoms with E-state index >= 15 is 0 Å². The van der Waals surface area contributed by atoms with Crippen LogP contribution in [0.15, 0.2) is 24.3 Å². The van der Waals surface area contributed by atoms with Crippen molar-refractivity contribution in [2.24, 2.45) is 0 Å².